The zero-order chi connectivity index (χ0) is 8.27. The molecule has 58 valence electrons. The predicted octanol–water partition coefficient (Wildman–Crippen LogP) is 2.64. The highest BCUT2D eigenvalue weighted by Gasteiger charge is 1.94. The quantitative estimate of drug-likeness (QED) is 0.560. The first-order valence-corrected chi connectivity index (χ1v) is 3.90. The summed E-state index contributed by atoms with van der Waals surface area (Å²) >= 11 is 3.16. The molecule has 0 aliphatic heterocycles. The topological polar surface area (TPSA) is 30.2 Å². The van der Waals surface area contributed by atoms with E-state index in [0.29, 0.717) is 16.0 Å². The zero-order valence-corrected chi connectivity index (χ0v) is 7.59. The van der Waals surface area contributed by atoms with Crippen molar-refractivity contribution in [2.75, 3.05) is 0 Å². The fraction of sp³-hybridized carbons (Fsp3) is 0.125. The standard InChI is InChI=1S/C8H7BrO2/c1-6(5-10)4-7-2-3-8(9)11-7/h2-5H,1H3/b6-4-. The van der Waals surface area contributed by atoms with Crippen LogP contribution in [0, 0.1) is 0 Å². The van der Waals surface area contributed by atoms with E-state index in [0.717, 1.165) is 6.29 Å². The van der Waals surface area contributed by atoms with Gasteiger partial charge in [-0.15, -0.1) is 0 Å². The highest BCUT2D eigenvalue weighted by molar-refractivity contribution is 9.10. The van der Waals surface area contributed by atoms with E-state index in [4.69, 9.17) is 4.42 Å². The lowest BCUT2D eigenvalue weighted by Crippen LogP contribution is -1.73. The molecule has 0 saturated heterocycles. The van der Waals surface area contributed by atoms with E-state index < -0.39 is 0 Å². The first kappa shape index (κ1) is 8.27. The Hall–Kier alpha value is -0.830. The van der Waals surface area contributed by atoms with Crippen LogP contribution in [0.5, 0.6) is 0 Å². The highest BCUT2D eigenvalue weighted by atomic mass is 79.9. The van der Waals surface area contributed by atoms with Gasteiger partial charge < -0.3 is 4.42 Å². The molecule has 2 nitrogen and oxygen atoms in total. The maximum Gasteiger partial charge on any atom is 0.169 e. The molecule has 0 aliphatic rings. The molecule has 1 rings (SSSR count). The van der Waals surface area contributed by atoms with Gasteiger partial charge in [-0.1, -0.05) is 0 Å². The second kappa shape index (κ2) is 3.53. The fourth-order valence-corrected chi connectivity index (χ4v) is 0.983. The van der Waals surface area contributed by atoms with Crippen LogP contribution >= 0.6 is 15.9 Å². The molecule has 0 fully saturated rings. The van der Waals surface area contributed by atoms with Gasteiger partial charge in [-0.2, -0.15) is 0 Å². The van der Waals surface area contributed by atoms with Crippen LogP contribution in [-0.2, 0) is 4.79 Å². The smallest absolute Gasteiger partial charge is 0.169 e. The van der Waals surface area contributed by atoms with Gasteiger partial charge in [0, 0.05) is 0 Å². The molecule has 0 unspecified atom stereocenters. The van der Waals surface area contributed by atoms with E-state index in [-0.39, 0.29) is 0 Å². The van der Waals surface area contributed by atoms with Gasteiger partial charge in [0.15, 0.2) is 4.67 Å². The Morgan fingerprint density at radius 3 is 2.82 bits per heavy atom. The molecule has 0 aliphatic carbocycles. The van der Waals surface area contributed by atoms with Crippen molar-refractivity contribution in [1.82, 2.24) is 0 Å². The molecule has 1 aromatic rings. The van der Waals surface area contributed by atoms with Gasteiger partial charge in [0.1, 0.15) is 12.0 Å². The fourth-order valence-electron chi connectivity index (χ4n) is 0.664. The molecular formula is C8H7BrO2. The second-order valence-electron chi connectivity index (χ2n) is 2.15. The second-order valence-corrected chi connectivity index (χ2v) is 2.93. The molecule has 0 bridgehead atoms. The summed E-state index contributed by atoms with van der Waals surface area (Å²) in [5.41, 5.74) is 0.645. The third kappa shape index (κ3) is 2.35. The van der Waals surface area contributed by atoms with E-state index in [1.54, 1.807) is 25.1 Å². The molecule has 0 aromatic carbocycles. The average Bonchev–Trinajstić information content (AvgIpc) is 2.35. The van der Waals surface area contributed by atoms with Gasteiger partial charge in [-0.25, -0.2) is 0 Å². The Labute approximate surface area is 73.0 Å². The molecule has 3 heteroatoms. The maximum absolute atomic E-state index is 10.2. The molecule has 0 spiro atoms. The predicted molar refractivity (Wildman–Crippen MR) is 46.1 cm³/mol. The van der Waals surface area contributed by atoms with E-state index >= 15 is 0 Å². The van der Waals surface area contributed by atoms with Crippen LogP contribution in [0.1, 0.15) is 12.7 Å². The van der Waals surface area contributed by atoms with Crippen molar-refractivity contribution in [2.24, 2.45) is 0 Å². The maximum atomic E-state index is 10.2. The minimum Gasteiger partial charge on any atom is -0.450 e. The molecule has 1 heterocycles. The molecule has 1 aromatic heterocycles. The van der Waals surface area contributed by atoms with Crippen molar-refractivity contribution in [3.8, 4) is 0 Å². The van der Waals surface area contributed by atoms with Crippen molar-refractivity contribution >= 4 is 28.3 Å². The Morgan fingerprint density at radius 1 is 1.64 bits per heavy atom. The number of hydrogen-bond donors (Lipinski definition) is 0. The van der Waals surface area contributed by atoms with Gasteiger partial charge in [-0.05, 0) is 46.6 Å². The highest BCUT2D eigenvalue weighted by Crippen LogP contribution is 2.15. The van der Waals surface area contributed by atoms with Crippen molar-refractivity contribution in [2.45, 2.75) is 6.92 Å². The van der Waals surface area contributed by atoms with Crippen molar-refractivity contribution in [1.29, 1.82) is 0 Å². The lowest BCUT2D eigenvalue weighted by Gasteiger charge is -1.85. The number of aldehydes is 1. The first-order valence-electron chi connectivity index (χ1n) is 3.11. The van der Waals surface area contributed by atoms with Crippen LogP contribution in [0.3, 0.4) is 0 Å². The lowest BCUT2D eigenvalue weighted by atomic mass is 10.3. The Bertz CT molecular complexity index is 286. The summed E-state index contributed by atoms with van der Waals surface area (Å²) in [6.07, 6.45) is 2.47. The van der Waals surface area contributed by atoms with Crippen LogP contribution in [-0.4, -0.2) is 6.29 Å². The molecule has 0 atom stereocenters. The van der Waals surface area contributed by atoms with Gasteiger partial charge >= 0.3 is 0 Å². The summed E-state index contributed by atoms with van der Waals surface area (Å²) in [6, 6.07) is 3.57. The molecule has 0 saturated carbocycles. The minimum atomic E-state index is 0.645. The number of carbonyl (C=O) groups excluding carboxylic acids is 1. The third-order valence-corrected chi connectivity index (χ3v) is 1.58. The Morgan fingerprint density at radius 2 is 2.36 bits per heavy atom. The number of furan rings is 1. The Balaban J connectivity index is 2.86. The molecular weight excluding hydrogens is 208 g/mol. The van der Waals surface area contributed by atoms with Crippen molar-refractivity contribution in [3.05, 3.63) is 28.1 Å². The van der Waals surface area contributed by atoms with Crippen molar-refractivity contribution < 1.29 is 9.21 Å². The number of allylic oxidation sites excluding steroid dienone is 1. The largest absolute Gasteiger partial charge is 0.450 e. The lowest BCUT2D eigenvalue weighted by molar-refractivity contribution is -0.104. The first-order chi connectivity index (χ1) is 5.22. The van der Waals surface area contributed by atoms with Gasteiger partial charge in [0.05, 0.1) is 0 Å². The average molecular weight is 215 g/mol. The van der Waals surface area contributed by atoms with Gasteiger partial charge in [-0.3, -0.25) is 4.79 Å². The number of rotatable bonds is 2. The van der Waals surface area contributed by atoms with E-state index in [9.17, 15) is 4.79 Å². The van der Waals surface area contributed by atoms with Crippen LogP contribution in [0.4, 0.5) is 0 Å². The minimum absolute atomic E-state index is 0.645. The van der Waals surface area contributed by atoms with Gasteiger partial charge in [0.25, 0.3) is 0 Å². The number of carbonyl (C=O) groups is 1. The normalized spacial score (nSPS) is 11.6. The monoisotopic (exact) mass is 214 g/mol. The van der Waals surface area contributed by atoms with E-state index in [1.807, 2.05) is 0 Å². The molecule has 0 radical (unpaired) electrons. The van der Waals surface area contributed by atoms with Crippen LogP contribution in [0.25, 0.3) is 6.08 Å². The zero-order valence-electron chi connectivity index (χ0n) is 6.00. The summed E-state index contributed by atoms with van der Waals surface area (Å²) in [4.78, 5) is 10.2. The third-order valence-electron chi connectivity index (χ3n) is 1.15. The number of halogens is 1. The van der Waals surface area contributed by atoms with Crippen molar-refractivity contribution in [3.63, 3.8) is 0 Å². The summed E-state index contributed by atoms with van der Waals surface area (Å²) in [7, 11) is 0. The summed E-state index contributed by atoms with van der Waals surface area (Å²) in [5.74, 6) is 0.682. The summed E-state index contributed by atoms with van der Waals surface area (Å²) in [6.45, 7) is 1.73. The summed E-state index contributed by atoms with van der Waals surface area (Å²) in [5, 5.41) is 0. The SMILES string of the molecule is C/C(C=O)=C/c1ccc(Br)o1. The Kier molecular flexibility index (Phi) is 2.65. The van der Waals surface area contributed by atoms with Crippen LogP contribution in [0.15, 0.2) is 26.8 Å². The summed E-state index contributed by atoms with van der Waals surface area (Å²) < 4.78 is 5.81. The number of hydrogen-bond acceptors (Lipinski definition) is 2. The van der Waals surface area contributed by atoms with Crippen LogP contribution < -0.4 is 0 Å². The molecule has 0 N–H and O–H groups in total. The molecule has 0 amide bonds. The molecule has 11 heavy (non-hydrogen) atoms. The van der Waals surface area contributed by atoms with Crippen LogP contribution in [0.2, 0.25) is 0 Å². The van der Waals surface area contributed by atoms with E-state index in [1.165, 1.54) is 0 Å². The van der Waals surface area contributed by atoms with Gasteiger partial charge in [0.2, 0.25) is 0 Å². The van der Waals surface area contributed by atoms with E-state index in [2.05, 4.69) is 15.9 Å².